The molecular weight excluding hydrogens is 394 g/mol. The van der Waals surface area contributed by atoms with Crippen molar-refractivity contribution < 1.29 is 9.59 Å². The molecule has 0 bridgehead atoms. The third kappa shape index (κ3) is 6.74. The van der Waals surface area contributed by atoms with Crippen LogP contribution in [-0.2, 0) is 17.1 Å². The Morgan fingerprint density at radius 3 is 2.50 bits per heavy atom. The molecule has 0 aliphatic carbocycles. The molecule has 2 aromatic carbocycles. The number of amides is 2. The highest BCUT2D eigenvalue weighted by molar-refractivity contribution is 7.98. The molecule has 2 amide bonds. The highest BCUT2D eigenvalue weighted by Gasteiger charge is 2.13. The summed E-state index contributed by atoms with van der Waals surface area (Å²) >= 11 is 1.66. The van der Waals surface area contributed by atoms with Crippen LogP contribution < -0.4 is 10.6 Å². The number of carbonyl (C=O) groups excluding carboxylic acids is 2. The average molecular weight is 420 g/mol. The van der Waals surface area contributed by atoms with Gasteiger partial charge in [-0.25, -0.2) is 0 Å². The highest BCUT2D eigenvalue weighted by Crippen LogP contribution is 2.17. The molecule has 154 valence electrons. The number of para-hydroxylation sites is 1. The van der Waals surface area contributed by atoms with Crippen molar-refractivity contribution >= 4 is 29.3 Å². The van der Waals surface area contributed by atoms with Gasteiger partial charge in [0.25, 0.3) is 5.91 Å². The van der Waals surface area contributed by atoms with E-state index in [0.29, 0.717) is 30.0 Å². The van der Waals surface area contributed by atoms with Crippen molar-refractivity contribution in [2.24, 2.45) is 0 Å². The molecule has 3 aromatic rings. The molecule has 0 fully saturated rings. The summed E-state index contributed by atoms with van der Waals surface area (Å²) < 4.78 is 0. The van der Waals surface area contributed by atoms with Crippen LogP contribution >= 0.6 is 11.8 Å². The first kappa shape index (κ1) is 21.6. The summed E-state index contributed by atoms with van der Waals surface area (Å²) in [5.41, 5.74) is 4.19. The van der Waals surface area contributed by atoms with Crippen LogP contribution in [0.1, 0.15) is 33.6 Å². The molecule has 1 aromatic heterocycles. The molecular formula is C24H25N3O2S. The van der Waals surface area contributed by atoms with E-state index in [2.05, 4.69) is 15.6 Å². The SMILES string of the molecule is Cc1ccc(CNC(=O)c2ccccc2NC(=O)CCSCc2ccccn2)cc1. The fraction of sp³-hybridized carbons (Fsp3) is 0.208. The standard InChI is InChI=1S/C24H25N3O2S/c1-18-9-11-19(12-10-18)16-26-24(29)21-7-2-3-8-22(21)27-23(28)13-15-30-17-20-6-4-5-14-25-20/h2-12,14H,13,15-17H2,1H3,(H,26,29)(H,27,28). The molecule has 0 spiro atoms. The number of aryl methyl sites for hydroxylation is 1. The molecule has 0 radical (unpaired) electrons. The van der Waals surface area contributed by atoms with Gasteiger partial charge in [0.1, 0.15) is 0 Å². The number of pyridine rings is 1. The minimum absolute atomic E-state index is 0.109. The lowest BCUT2D eigenvalue weighted by atomic mass is 10.1. The summed E-state index contributed by atoms with van der Waals surface area (Å²) in [5.74, 6) is 1.13. The normalized spacial score (nSPS) is 10.4. The smallest absolute Gasteiger partial charge is 0.253 e. The predicted molar refractivity (Wildman–Crippen MR) is 122 cm³/mol. The van der Waals surface area contributed by atoms with Crippen molar-refractivity contribution in [1.82, 2.24) is 10.3 Å². The lowest BCUT2D eigenvalue weighted by Gasteiger charge is -2.12. The van der Waals surface area contributed by atoms with Crippen molar-refractivity contribution in [2.75, 3.05) is 11.1 Å². The molecule has 3 rings (SSSR count). The Morgan fingerprint density at radius 2 is 1.73 bits per heavy atom. The van der Waals surface area contributed by atoms with Gasteiger partial charge in [-0.3, -0.25) is 14.6 Å². The predicted octanol–water partition coefficient (Wildman–Crippen LogP) is 4.58. The fourth-order valence-corrected chi connectivity index (χ4v) is 3.67. The van der Waals surface area contributed by atoms with Crippen LogP contribution in [0.4, 0.5) is 5.69 Å². The van der Waals surface area contributed by atoms with Crippen molar-refractivity contribution in [2.45, 2.75) is 25.6 Å². The number of thioether (sulfide) groups is 1. The minimum atomic E-state index is -0.212. The number of rotatable bonds is 9. The lowest BCUT2D eigenvalue weighted by Crippen LogP contribution is -2.25. The number of nitrogens with zero attached hydrogens (tertiary/aromatic N) is 1. The Kier molecular flexibility index (Phi) is 8.03. The number of nitrogens with one attached hydrogen (secondary N) is 2. The third-order valence-electron chi connectivity index (χ3n) is 4.47. The summed E-state index contributed by atoms with van der Waals surface area (Å²) in [7, 11) is 0. The molecule has 0 aliphatic heterocycles. The first-order valence-electron chi connectivity index (χ1n) is 9.82. The van der Waals surface area contributed by atoms with E-state index in [4.69, 9.17) is 0 Å². The van der Waals surface area contributed by atoms with Crippen molar-refractivity contribution in [3.8, 4) is 0 Å². The van der Waals surface area contributed by atoms with Gasteiger partial charge in [0, 0.05) is 30.7 Å². The molecule has 0 atom stereocenters. The van der Waals surface area contributed by atoms with Gasteiger partial charge in [-0.2, -0.15) is 11.8 Å². The Balaban J connectivity index is 1.49. The van der Waals surface area contributed by atoms with Crippen LogP contribution in [0, 0.1) is 6.92 Å². The van der Waals surface area contributed by atoms with E-state index < -0.39 is 0 Å². The van der Waals surface area contributed by atoms with Crippen LogP contribution in [0.5, 0.6) is 0 Å². The van der Waals surface area contributed by atoms with Gasteiger partial charge < -0.3 is 10.6 Å². The number of hydrogen-bond donors (Lipinski definition) is 2. The summed E-state index contributed by atoms with van der Waals surface area (Å²) in [6, 6.07) is 20.9. The number of carbonyl (C=O) groups is 2. The second-order valence-corrected chi connectivity index (χ2v) is 7.99. The van der Waals surface area contributed by atoms with E-state index in [1.807, 2.05) is 55.5 Å². The maximum absolute atomic E-state index is 12.6. The molecule has 6 heteroatoms. The first-order chi connectivity index (χ1) is 14.6. The van der Waals surface area contributed by atoms with E-state index in [0.717, 1.165) is 17.0 Å². The fourth-order valence-electron chi connectivity index (χ4n) is 2.81. The molecule has 2 N–H and O–H groups in total. The van der Waals surface area contributed by atoms with E-state index in [1.54, 1.807) is 36.2 Å². The average Bonchev–Trinajstić information content (AvgIpc) is 2.77. The zero-order chi connectivity index (χ0) is 21.2. The largest absolute Gasteiger partial charge is 0.348 e. The molecule has 0 saturated heterocycles. The van der Waals surface area contributed by atoms with Gasteiger partial charge in [0.2, 0.25) is 5.91 Å². The summed E-state index contributed by atoms with van der Waals surface area (Å²) in [5, 5.41) is 5.78. The maximum atomic E-state index is 12.6. The van der Waals surface area contributed by atoms with Crippen molar-refractivity contribution in [3.63, 3.8) is 0 Å². The molecule has 0 aliphatic rings. The minimum Gasteiger partial charge on any atom is -0.348 e. The molecule has 30 heavy (non-hydrogen) atoms. The van der Waals surface area contributed by atoms with E-state index in [1.165, 1.54) is 5.56 Å². The summed E-state index contributed by atoms with van der Waals surface area (Å²) in [6.07, 6.45) is 2.14. The quantitative estimate of drug-likeness (QED) is 0.498. The second-order valence-electron chi connectivity index (χ2n) is 6.89. The summed E-state index contributed by atoms with van der Waals surface area (Å²) in [6.45, 7) is 2.46. The van der Waals surface area contributed by atoms with Gasteiger partial charge in [-0.05, 0) is 36.8 Å². The molecule has 0 unspecified atom stereocenters. The lowest BCUT2D eigenvalue weighted by molar-refractivity contribution is -0.115. The van der Waals surface area contributed by atoms with Crippen LogP contribution in [0.3, 0.4) is 0 Å². The Hall–Kier alpha value is -3.12. The highest BCUT2D eigenvalue weighted by atomic mass is 32.2. The number of anilines is 1. The maximum Gasteiger partial charge on any atom is 0.253 e. The zero-order valence-corrected chi connectivity index (χ0v) is 17.7. The van der Waals surface area contributed by atoms with E-state index >= 15 is 0 Å². The van der Waals surface area contributed by atoms with Gasteiger partial charge in [-0.15, -0.1) is 0 Å². The Morgan fingerprint density at radius 1 is 0.967 bits per heavy atom. The second kappa shape index (κ2) is 11.2. The Bertz CT molecular complexity index is 975. The number of aromatic nitrogens is 1. The topological polar surface area (TPSA) is 71.1 Å². The van der Waals surface area contributed by atoms with Crippen molar-refractivity contribution in [3.05, 3.63) is 95.3 Å². The number of hydrogen-bond acceptors (Lipinski definition) is 4. The van der Waals surface area contributed by atoms with Crippen molar-refractivity contribution in [1.29, 1.82) is 0 Å². The third-order valence-corrected chi connectivity index (χ3v) is 5.46. The van der Waals surface area contributed by atoms with Gasteiger partial charge in [0.05, 0.1) is 16.9 Å². The molecule has 5 nitrogen and oxygen atoms in total. The Labute approximate surface area is 181 Å². The monoisotopic (exact) mass is 419 g/mol. The van der Waals surface area contributed by atoms with Gasteiger partial charge in [0.15, 0.2) is 0 Å². The number of benzene rings is 2. The molecule has 0 saturated carbocycles. The van der Waals surface area contributed by atoms with E-state index in [9.17, 15) is 9.59 Å². The van der Waals surface area contributed by atoms with Crippen LogP contribution in [0.2, 0.25) is 0 Å². The zero-order valence-electron chi connectivity index (χ0n) is 16.9. The van der Waals surface area contributed by atoms with Gasteiger partial charge in [-0.1, -0.05) is 48.0 Å². The van der Waals surface area contributed by atoms with Gasteiger partial charge >= 0.3 is 0 Å². The summed E-state index contributed by atoms with van der Waals surface area (Å²) in [4.78, 5) is 29.2. The van der Waals surface area contributed by atoms with Crippen LogP contribution in [0.25, 0.3) is 0 Å². The van der Waals surface area contributed by atoms with Crippen LogP contribution in [-0.4, -0.2) is 22.6 Å². The molecule has 1 heterocycles. The first-order valence-corrected chi connectivity index (χ1v) is 11.0. The van der Waals surface area contributed by atoms with Crippen LogP contribution in [0.15, 0.2) is 72.9 Å². The van der Waals surface area contributed by atoms with E-state index in [-0.39, 0.29) is 11.8 Å².